The number of thioether (sulfide) groups is 1. The summed E-state index contributed by atoms with van der Waals surface area (Å²) < 4.78 is 13.2. The number of hydrogen-bond acceptors (Lipinski definition) is 6. The van der Waals surface area contributed by atoms with Crippen LogP contribution in [0, 0.1) is 0 Å². The normalized spacial score (nSPS) is 11.7. The number of ketones is 1. The highest BCUT2D eigenvalue weighted by Crippen LogP contribution is 2.27. The standard InChI is InChI=1S/C22H23N3O3S/c1-4-13-25-21(16(2)28-19-12-8-11-18(14-19)27-3)23-24-22(25)29-15-20(26)17-9-6-5-7-10-17/h4-12,14,16H,1,13,15H2,2-3H3. The van der Waals surface area contributed by atoms with Crippen LogP contribution in [0.2, 0.25) is 0 Å². The van der Waals surface area contributed by atoms with Gasteiger partial charge in [-0.15, -0.1) is 16.8 Å². The van der Waals surface area contributed by atoms with E-state index in [-0.39, 0.29) is 17.6 Å². The minimum atomic E-state index is -0.339. The number of carbonyl (C=O) groups excluding carboxylic acids is 1. The van der Waals surface area contributed by atoms with Gasteiger partial charge in [0.05, 0.1) is 12.9 Å². The Hall–Kier alpha value is -3.06. The molecule has 0 saturated carbocycles. The monoisotopic (exact) mass is 409 g/mol. The summed E-state index contributed by atoms with van der Waals surface area (Å²) in [4.78, 5) is 12.4. The molecule has 0 aliphatic carbocycles. The van der Waals surface area contributed by atoms with Crippen molar-refractivity contribution in [1.29, 1.82) is 0 Å². The van der Waals surface area contributed by atoms with E-state index < -0.39 is 0 Å². The van der Waals surface area contributed by atoms with Gasteiger partial charge >= 0.3 is 0 Å². The van der Waals surface area contributed by atoms with E-state index in [2.05, 4.69) is 16.8 Å². The third-order valence-corrected chi connectivity index (χ3v) is 5.17. The summed E-state index contributed by atoms with van der Waals surface area (Å²) in [6, 6.07) is 16.6. The van der Waals surface area contributed by atoms with Crippen molar-refractivity contribution in [2.75, 3.05) is 12.9 Å². The van der Waals surface area contributed by atoms with E-state index >= 15 is 0 Å². The second kappa shape index (κ2) is 9.93. The van der Waals surface area contributed by atoms with Crippen LogP contribution < -0.4 is 9.47 Å². The third kappa shape index (κ3) is 5.26. The summed E-state index contributed by atoms with van der Waals surface area (Å²) in [5.41, 5.74) is 0.685. The zero-order valence-electron chi connectivity index (χ0n) is 16.4. The number of aromatic nitrogens is 3. The summed E-state index contributed by atoms with van der Waals surface area (Å²) in [6.07, 6.45) is 1.43. The first-order chi connectivity index (χ1) is 14.1. The Balaban J connectivity index is 1.73. The highest BCUT2D eigenvalue weighted by molar-refractivity contribution is 7.99. The molecule has 0 bridgehead atoms. The number of benzene rings is 2. The Morgan fingerprint density at radius 1 is 1.17 bits per heavy atom. The quantitative estimate of drug-likeness (QED) is 0.277. The lowest BCUT2D eigenvalue weighted by Crippen LogP contribution is -2.12. The molecule has 2 aromatic carbocycles. The number of carbonyl (C=O) groups is 1. The maximum Gasteiger partial charge on any atom is 0.192 e. The number of Topliss-reactive ketones (excluding diaryl/α,β-unsaturated/α-hetero) is 1. The molecule has 6 nitrogen and oxygen atoms in total. The van der Waals surface area contributed by atoms with Crippen LogP contribution in [0.1, 0.15) is 29.2 Å². The van der Waals surface area contributed by atoms with E-state index in [4.69, 9.17) is 9.47 Å². The van der Waals surface area contributed by atoms with Gasteiger partial charge in [0, 0.05) is 18.2 Å². The second-order valence-corrected chi connectivity index (χ2v) is 7.20. The van der Waals surface area contributed by atoms with Crippen molar-refractivity contribution in [2.24, 2.45) is 0 Å². The van der Waals surface area contributed by atoms with E-state index in [1.54, 1.807) is 13.2 Å². The van der Waals surface area contributed by atoms with Gasteiger partial charge in [0.25, 0.3) is 0 Å². The molecule has 150 valence electrons. The van der Waals surface area contributed by atoms with Gasteiger partial charge in [0.1, 0.15) is 11.5 Å². The molecular weight excluding hydrogens is 386 g/mol. The van der Waals surface area contributed by atoms with E-state index in [1.165, 1.54) is 11.8 Å². The van der Waals surface area contributed by atoms with Crippen LogP contribution >= 0.6 is 11.8 Å². The first-order valence-corrected chi connectivity index (χ1v) is 10.2. The SMILES string of the molecule is C=CCn1c(SCC(=O)c2ccccc2)nnc1C(C)Oc1cccc(OC)c1. The first-order valence-electron chi connectivity index (χ1n) is 9.18. The van der Waals surface area contributed by atoms with Crippen LogP contribution in [0.3, 0.4) is 0 Å². The van der Waals surface area contributed by atoms with Crippen LogP contribution in [-0.4, -0.2) is 33.4 Å². The van der Waals surface area contributed by atoms with Gasteiger partial charge in [-0.3, -0.25) is 9.36 Å². The Morgan fingerprint density at radius 2 is 1.93 bits per heavy atom. The van der Waals surface area contributed by atoms with Crippen molar-refractivity contribution in [3.8, 4) is 11.5 Å². The van der Waals surface area contributed by atoms with Crippen LogP contribution in [-0.2, 0) is 6.54 Å². The van der Waals surface area contributed by atoms with Gasteiger partial charge in [0.2, 0.25) is 0 Å². The molecule has 29 heavy (non-hydrogen) atoms. The highest BCUT2D eigenvalue weighted by Gasteiger charge is 2.20. The average Bonchev–Trinajstić information content (AvgIpc) is 3.15. The van der Waals surface area contributed by atoms with Crippen LogP contribution in [0.5, 0.6) is 11.5 Å². The van der Waals surface area contributed by atoms with Crippen molar-refractivity contribution < 1.29 is 14.3 Å². The summed E-state index contributed by atoms with van der Waals surface area (Å²) in [5, 5.41) is 9.23. The van der Waals surface area contributed by atoms with Crippen molar-refractivity contribution in [2.45, 2.75) is 24.7 Å². The van der Waals surface area contributed by atoms with E-state index in [1.807, 2.05) is 66.1 Å². The predicted molar refractivity (Wildman–Crippen MR) is 114 cm³/mol. The number of allylic oxidation sites excluding steroid dienone is 1. The molecule has 0 radical (unpaired) electrons. The Morgan fingerprint density at radius 3 is 2.66 bits per heavy atom. The van der Waals surface area contributed by atoms with E-state index in [0.29, 0.717) is 28.8 Å². The van der Waals surface area contributed by atoms with Crippen LogP contribution in [0.25, 0.3) is 0 Å². The molecule has 0 amide bonds. The topological polar surface area (TPSA) is 66.2 Å². The van der Waals surface area contributed by atoms with Crippen molar-refractivity contribution >= 4 is 17.5 Å². The summed E-state index contributed by atoms with van der Waals surface area (Å²) in [7, 11) is 1.61. The molecule has 0 spiro atoms. The first kappa shape index (κ1) is 20.7. The summed E-state index contributed by atoms with van der Waals surface area (Å²) in [6.45, 7) is 6.25. The van der Waals surface area contributed by atoms with Gasteiger partial charge < -0.3 is 9.47 Å². The molecule has 1 atom stereocenters. The number of rotatable bonds is 10. The third-order valence-electron chi connectivity index (χ3n) is 4.20. The predicted octanol–water partition coefficient (Wildman–Crippen LogP) is 4.59. The molecule has 1 heterocycles. The zero-order valence-corrected chi connectivity index (χ0v) is 17.3. The number of ether oxygens (including phenoxy) is 2. The highest BCUT2D eigenvalue weighted by atomic mass is 32.2. The lowest BCUT2D eigenvalue weighted by Gasteiger charge is -2.16. The maximum atomic E-state index is 12.4. The van der Waals surface area contributed by atoms with Gasteiger partial charge in [-0.05, 0) is 19.1 Å². The Bertz CT molecular complexity index is 972. The average molecular weight is 410 g/mol. The molecule has 7 heteroatoms. The lowest BCUT2D eigenvalue weighted by molar-refractivity contribution is 0.102. The number of hydrogen-bond donors (Lipinski definition) is 0. The molecule has 0 aliphatic rings. The van der Waals surface area contributed by atoms with Crippen molar-refractivity contribution in [3.05, 3.63) is 78.6 Å². The second-order valence-electron chi connectivity index (χ2n) is 6.26. The molecule has 3 rings (SSSR count). The molecule has 1 unspecified atom stereocenters. The minimum Gasteiger partial charge on any atom is -0.497 e. The summed E-state index contributed by atoms with van der Waals surface area (Å²) in [5.74, 6) is 2.40. The fraction of sp³-hybridized carbons (Fsp3) is 0.227. The van der Waals surface area contributed by atoms with Crippen LogP contribution in [0.4, 0.5) is 0 Å². The molecule has 0 saturated heterocycles. The molecule has 0 fully saturated rings. The van der Waals surface area contributed by atoms with Crippen molar-refractivity contribution in [1.82, 2.24) is 14.8 Å². The van der Waals surface area contributed by atoms with Crippen molar-refractivity contribution in [3.63, 3.8) is 0 Å². The lowest BCUT2D eigenvalue weighted by atomic mass is 10.2. The Kier molecular flexibility index (Phi) is 7.08. The largest absolute Gasteiger partial charge is 0.497 e. The fourth-order valence-electron chi connectivity index (χ4n) is 2.78. The maximum absolute atomic E-state index is 12.4. The van der Waals surface area contributed by atoms with Gasteiger partial charge in [-0.1, -0.05) is 54.2 Å². The van der Waals surface area contributed by atoms with Gasteiger partial charge in [0.15, 0.2) is 22.9 Å². The van der Waals surface area contributed by atoms with E-state index in [9.17, 15) is 4.79 Å². The van der Waals surface area contributed by atoms with Crippen LogP contribution in [0.15, 0.2) is 72.4 Å². The zero-order chi connectivity index (χ0) is 20.6. The molecule has 0 N–H and O–H groups in total. The summed E-state index contributed by atoms with van der Waals surface area (Å²) >= 11 is 1.36. The molecule has 0 aliphatic heterocycles. The molecule has 1 aromatic heterocycles. The minimum absolute atomic E-state index is 0.0472. The van der Waals surface area contributed by atoms with Gasteiger partial charge in [-0.25, -0.2) is 0 Å². The van der Waals surface area contributed by atoms with E-state index in [0.717, 1.165) is 5.75 Å². The molecule has 3 aromatic rings. The van der Waals surface area contributed by atoms with Gasteiger partial charge in [-0.2, -0.15) is 0 Å². The number of methoxy groups -OCH3 is 1. The Labute approximate surface area is 174 Å². The molecular formula is C22H23N3O3S. The number of nitrogens with zero attached hydrogens (tertiary/aromatic N) is 3. The smallest absolute Gasteiger partial charge is 0.192 e. The fourth-order valence-corrected chi connectivity index (χ4v) is 3.63.